The average Bonchev–Trinajstić information content (AvgIpc) is 2.84. The molecular formula is C14H18ClN5O. The molecule has 2 rings (SSSR count). The van der Waals surface area contributed by atoms with E-state index in [-0.39, 0.29) is 18.4 Å². The molecule has 112 valence electrons. The van der Waals surface area contributed by atoms with Gasteiger partial charge in [0.05, 0.1) is 13.0 Å². The van der Waals surface area contributed by atoms with Gasteiger partial charge in [0.15, 0.2) is 5.82 Å². The summed E-state index contributed by atoms with van der Waals surface area (Å²) >= 11 is 5.82. The zero-order valence-corrected chi connectivity index (χ0v) is 12.7. The minimum absolute atomic E-state index is 0.0822. The van der Waals surface area contributed by atoms with Crippen molar-refractivity contribution in [1.82, 2.24) is 20.5 Å². The van der Waals surface area contributed by atoms with Gasteiger partial charge in [0, 0.05) is 16.8 Å². The zero-order valence-electron chi connectivity index (χ0n) is 12.0. The molecule has 6 nitrogen and oxygen atoms in total. The molecule has 21 heavy (non-hydrogen) atoms. The highest BCUT2D eigenvalue weighted by Crippen LogP contribution is 2.13. The number of rotatable bonds is 6. The molecule has 0 saturated heterocycles. The van der Waals surface area contributed by atoms with Crippen molar-refractivity contribution in [2.75, 3.05) is 5.32 Å². The molecule has 0 aliphatic rings. The Bertz CT molecular complexity index is 594. The summed E-state index contributed by atoms with van der Waals surface area (Å²) in [5.41, 5.74) is 0.940. The van der Waals surface area contributed by atoms with E-state index in [4.69, 9.17) is 11.6 Å². The van der Waals surface area contributed by atoms with Crippen LogP contribution in [0.4, 0.5) is 5.69 Å². The van der Waals surface area contributed by atoms with Gasteiger partial charge in [-0.1, -0.05) is 11.6 Å². The summed E-state index contributed by atoms with van der Waals surface area (Å²) in [7, 11) is 0. The summed E-state index contributed by atoms with van der Waals surface area (Å²) < 4.78 is 0. The van der Waals surface area contributed by atoms with Gasteiger partial charge in [-0.15, -0.1) is 0 Å². The molecule has 0 aliphatic heterocycles. The van der Waals surface area contributed by atoms with Gasteiger partial charge in [0.25, 0.3) is 0 Å². The fourth-order valence-electron chi connectivity index (χ4n) is 1.76. The van der Waals surface area contributed by atoms with Crippen LogP contribution in [0.2, 0.25) is 5.02 Å². The molecule has 0 fully saturated rings. The molecule has 0 spiro atoms. The lowest BCUT2D eigenvalue weighted by Gasteiger charge is -2.05. The van der Waals surface area contributed by atoms with Crippen LogP contribution in [0, 0.1) is 0 Å². The van der Waals surface area contributed by atoms with Crippen LogP contribution in [0.5, 0.6) is 0 Å². The van der Waals surface area contributed by atoms with Gasteiger partial charge in [-0.05, 0) is 38.1 Å². The van der Waals surface area contributed by atoms with Crippen molar-refractivity contribution in [2.24, 2.45) is 0 Å². The number of aromatic amines is 1. The SMILES string of the molecule is CC(C)NC(=O)Cc1n[nH]c(CNc2ccc(Cl)cc2)n1. The normalized spacial score (nSPS) is 10.7. The largest absolute Gasteiger partial charge is 0.378 e. The molecule has 1 aromatic carbocycles. The standard InChI is InChI=1S/C14H18ClN5O/c1-9(2)17-14(21)7-12-18-13(20-19-12)8-16-11-5-3-10(15)4-6-11/h3-6,9,16H,7-8H2,1-2H3,(H,17,21)(H,18,19,20). The number of carbonyl (C=O) groups excluding carboxylic acids is 1. The first-order valence-electron chi connectivity index (χ1n) is 6.72. The Hall–Kier alpha value is -2.08. The molecule has 3 N–H and O–H groups in total. The molecule has 0 bridgehead atoms. The number of amides is 1. The summed E-state index contributed by atoms with van der Waals surface area (Å²) in [6, 6.07) is 7.51. The van der Waals surface area contributed by atoms with E-state index in [2.05, 4.69) is 25.8 Å². The van der Waals surface area contributed by atoms with Crippen LogP contribution in [-0.2, 0) is 17.8 Å². The third-order valence-electron chi connectivity index (χ3n) is 2.65. The molecule has 1 heterocycles. The third kappa shape index (κ3) is 5.07. The van der Waals surface area contributed by atoms with E-state index in [1.54, 1.807) is 0 Å². The number of anilines is 1. The van der Waals surface area contributed by atoms with Crippen molar-refractivity contribution in [1.29, 1.82) is 0 Å². The smallest absolute Gasteiger partial charge is 0.227 e. The fourth-order valence-corrected chi connectivity index (χ4v) is 1.89. The Morgan fingerprint density at radius 3 is 2.71 bits per heavy atom. The first-order chi connectivity index (χ1) is 10.0. The van der Waals surface area contributed by atoms with Gasteiger partial charge in [-0.3, -0.25) is 9.89 Å². The summed E-state index contributed by atoms with van der Waals surface area (Å²) in [5, 5.41) is 13.5. The number of nitrogens with one attached hydrogen (secondary N) is 3. The molecule has 0 unspecified atom stereocenters. The predicted molar refractivity (Wildman–Crippen MR) is 82.1 cm³/mol. The van der Waals surface area contributed by atoms with Crippen molar-refractivity contribution < 1.29 is 4.79 Å². The van der Waals surface area contributed by atoms with Gasteiger partial charge in [-0.25, -0.2) is 4.98 Å². The van der Waals surface area contributed by atoms with Crippen molar-refractivity contribution >= 4 is 23.2 Å². The average molecular weight is 308 g/mol. The van der Waals surface area contributed by atoms with Crippen LogP contribution in [-0.4, -0.2) is 27.1 Å². The van der Waals surface area contributed by atoms with Crippen molar-refractivity contribution in [3.8, 4) is 0 Å². The quantitative estimate of drug-likeness (QED) is 0.763. The first-order valence-corrected chi connectivity index (χ1v) is 7.09. The molecule has 1 aromatic heterocycles. The lowest BCUT2D eigenvalue weighted by Crippen LogP contribution is -2.31. The second-order valence-corrected chi connectivity index (χ2v) is 5.39. The van der Waals surface area contributed by atoms with E-state index in [0.29, 0.717) is 23.2 Å². The van der Waals surface area contributed by atoms with Crippen molar-refractivity contribution in [3.63, 3.8) is 0 Å². The van der Waals surface area contributed by atoms with E-state index in [1.165, 1.54) is 0 Å². The monoisotopic (exact) mass is 307 g/mol. The third-order valence-corrected chi connectivity index (χ3v) is 2.90. The zero-order chi connectivity index (χ0) is 15.2. The lowest BCUT2D eigenvalue weighted by molar-refractivity contribution is -0.121. The Morgan fingerprint density at radius 2 is 2.05 bits per heavy atom. The Balaban J connectivity index is 1.85. The summed E-state index contributed by atoms with van der Waals surface area (Å²) in [6.45, 7) is 4.33. The highest BCUT2D eigenvalue weighted by atomic mass is 35.5. The van der Waals surface area contributed by atoms with E-state index in [9.17, 15) is 4.79 Å². The molecule has 0 radical (unpaired) electrons. The van der Waals surface area contributed by atoms with Crippen molar-refractivity contribution in [3.05, 3.63) is 40.9 Å². The first kappa shape index (κ1) is 15.3. The van der Waals surface area contributed by atoms with Gasteiger partial charge >= 0.3 is 0 Å². The Labute approximate surface area is 128 Å². The molecule has 0 aliphatic carbocycles. The fraction of sp³-hybridized carbons (Fsp3) is 0.357. The van der Waals surface area contributed by atoms with Gasteiger partial charge < -0.3 is 10.6 Å². The van der Waals surface area contributed by atoms with E-state index >= 15 is 0 Å². The number of carbonyl (C=O) groups is 1. The number of nitrogens with zero attached hydrogens (tertiary/aromatic N) is 2. The number of halogens is 1. The minimum atomic E-state index is -0.0822. The van der Waals surface area contributed by atoms with Crippen LogP contribution >= 0.6 is 11.6 Å². The maximum Gasteiger partial charge on any atom is 0.227 e. The maximum atomic E-state index is 11.6. The van der Waals surface area contributed by atoms with Gasteiger partial charge in [0.1, 0.15) is 5.82 Å². The van der Waals surface area contributed by atoms with Gasteiger partial charge in [0.2, 0.25) is 5.91 Å². The van der Waals surface area contributed by atoms with Crippen LogP contribution in [0.3, 0.4) is 0 Å². The van der Waals surface area contributed by atoms with E-state index in [1.807, 2.05) is 38.1 Å². The molecule has 0 saturated carbocycles. The maximum absolute atomic E-state index is 11.6. The number of benzene rings is 1. The molecule has 1 amide bonds. The minimum Gasteiger partial charge on any atom is -0.378 e. The summed E-state index contributed by atoms with van der Waals surface area (Å²) in [4.78, 5) is 15.9. The van der Waals surface area contributed by atoms with Crippen LogP contribution in [0.15, 0.2) is 24.3 Å². The van der Waals surface area contributed by atoms with Crippen LogP contribution in [0.25, 0.3) is 0 Å². The second-order valence-electron chi connectivity index (χ2n) is 4.96. The second kappa shape index (κ2) is 7.08. The Morgan fingerprint density at radius 1 is 1.33 bits per heavy atom. The highest BCUT2D eigenvalue weighted by molar-refractivity contribution is 6.30. The number of H-pyrrole nitrogens is 1. The van der Waals surface area contributed by atoms with E-state index < -0.39 is 0 Å². The summed E-state index contributed by atoms with van der Waals surface area (Å²) in [6.07, 6.45) is 0.176. The van der Waals surface area contributed by atoms with Crippen LogP contribution in [0.1, 0.15) is 25.5 Å². The molecule has 0 atom stereocenters. The van der Waals surface area contributed by atoms with E-state index in [0.717, 1.165) is 5.69 Å². The molecular weight excluding hydrogens is 290 g/mol. The van der Waals surface area contributed by atoms with Crippen molar-refractivity contribution in [2.45, 2.75) is 32.9 Å². The molecule has 2 aromatic rings. The topological polar surface area (TPSA) is 82.7 Å². The van der Waals surface area contributed by atoms with Gasteiger partial charge in [-0.2, -0.15) is 5.10 Å². The number of hydrogen-bond acceptors (Lipinski definition) is 4. The highest BCUT2D eigenvalue weighted by Gasteiger charge is 2.09. The predicted octanol–water partition coefficient (Wildman–Crippen LogP) is 2.14. The lowest BCUT2D eigenvalue weighted by atomic mass is 10.3. The number of aromatic nitrogens is 3. The molecule has 7 heteroatoms. The summed E-state index contributed by atoms with van der Waals surface area (Å²) in [5.74, 6) is 1.08. The number of hydrogen-bond donors (Lipinski definition) is 3. The Kier molecular flexibility index (Phi) is 5.16. The van der Waals surface area contributed by atoms with Crippen LogP contribution < -0.4 is 10.6 Å².